The molecule has 0 saturated carbocycles. The van der Waals surface area contributed by atoms with Gasteiger partial charge in [0.05, 0.1) is 5.92 Å². The van der Waals surface area contributed by atoms with E-state index >= 15 is 0 Å². The highest BCUT2D eigenvalue weighted by molar-refractivity contribution is 5.87. The zero-order valence-corrected chi connectivity index (χ0v) is 25.7. The molecule has 4 heteroatoms. The second-order valence-electron chi connectivity index (χ2n) is 12.1. The summed E-state index contributed by atoms with van der Waals surface area (Å²) < 4.78 is 8.29. The van der Waals surface area contributed by atoms with Gasteiger partial charge in [-0.3, -0.25) is 0 Å². The number of allylic oxidation sites excluding steroid dienone is 3. The lowest BCUT2D eigenvalue weighted by molar-refractivity contribution is 0.504. The van der Waals surface area contributed by atoms with Crippen LogP contribution in [0.5, 0.6) is 0 Å². The second-order valence-corrected chi connectivity index (χ2v) is 12.1. The first-order valence-electron chi connectivity index (χ1n) is 16.1. The van der Waals surface area contributed by atoms with Crippen LogP contribution in [0, 0.1) is 0 Å². The quantitative estimate of drug-likeness (QED) is 0.189. The molecule has 1 aliphatic carbocycles. The fourth-order valence-corrected chi connectivity index (χ4v) is 6.64. The van der Waals surface area contributed by atoms with Crippen LogP contribution < -0.4 is 4.90 Å². The number of anilines is 2. The summed E-state index contributed by atoms with van der Waals surface area (Å²) in [6.45, 7) is 0. The van der Waals surface area contributed by atoms with Gasteiger partial charge in [-0.25, -0.2) is 4.98 Å². The van der Waals surface area contributed by atoms with E-state index in [0.717, 1.165) is 40.5 Å². The van der Waals surface area contributed by atoms with Crippen molar-refractivity contribution in [2.24, 2.45) is 0 Å². The Kier molecular flexibility index (Phi) is 6.57. The van der Waals surface area contributed by atoms with Gasteiger partial charge < -0.3 is 13.7 Å². The molecular weight excluding hydrogens is 574 g/mol. The van der Waals surface area contributed by atoms with Crippen molar-refractivity contribution in [3.05, 3.63) is 182 Å². The number of hydrogen-bond donors (Lipinski definition) is 0. The van der Waals surface area contributed by atoms with Crippen molar-refractivity contribution in [3.8, 4) is 22.3 Å². The van der Waals surface area contributed by atoms with Gasteiger partial charge >= 0.3 is 0 Å². The number of benzene rings is 5. The molecule has 0 bridgehead atoms. The van der Waals surface area contributed by atoms with Gasteiger partial charge in [0.25, 0.3) is 0 Å². The molecule has 5 aromatic carbocycles. The molecule has 1 aliphatic rings. The van der Waals surface area contributed by atoms with Gasteiger partial charge in [0.15, 0.2) is 5.58 Å². The molecule has 0 fully saturated rings. The predicted octanol–water partition coefficient (Wildman–Crippen LogP) is 11.3. The van der Waals surface area contributed by atoms with Crippen LogP contribution in [0.25, 0.3) is 49.6 Å². The van der Waals surface area contributed by atoms with Gasteiger partial charge in [0.2, 0.25) is 5.89 Å². The van der Waals surface area contributed by atoms with Crippen LogP contribution in [0.2, 0.25) is 0 Å². The van der Waals surface area contributed by atoms with Crippen LogP contribution >= 0.6 is 0 Å². The Morgan fingerprint density at radius 2 is 1.34 bits per heavy atom. The van der Waals surface area contributed by atoms with Gasteiger partial charge in [-0.2, -0.15) is 0 Å². The highest BCUT2D eigenvalue weighted by Gasteiger charge is 2.21. The molecule has 3 aromatic heterocycles. The zero-order chi connectivity index (χ0) is 31.2. The van der Waals surface area contributed by atoms with E-state index in [1.165, 1.54) is 38.5 Å². The summed E-state index contributed by atoms with van der Waals surface area (Å²) in [5.41, 5.74) is 11.0. The molecule has 0 unspecified atom stereocenters. The molecule has 0 radical (unpaired) electrons. The van der Waals surface area contributed by atoms with Gasteiger partial charge in [-0.15, -0.1) is 0 Å². The van der Waals surface area contributed by atoms with E-state index in [0.29, 0.717) is 0 Å². The van der Waals surface area contributed by atoms with E-state index in [-0.39, 0.29) is 5.92 Å². The molecule has 3 heterocycles. The van der Waals surface area contributed by atoms with Crippen LogP contribution in [-0.2, 0) is 0 Å². The molecule has 1 atom stereocenters. The standard InChI is InChI=1S/C43H31N3O/c1-2-8-34-27-35(13-12-30(34)7-1)31-14-20-37(21-15-31)46(38-22-16-32(17-23-38)36-28-40-9-5-6-26-45(40)29-36)39-24-18-33(19-25-39)43-44-41-10-3-4-11-42(41)47-43/h1-18,20-29,33H,19H2/t33-/m0/s1. The largest absolute Gasteiger partial charge is 0.440 e. The maximum atomic E-state index is 6.12. The minimum Gasteiger partial charge on any atom is -0.440 e. The first-order valence-corrected chi connectivity index (χ1v) is 16.1. The van der Waals surface area contributed by atoms with Gasteiger partial charge in [-0.05, 0) is 101 Å². The van der Waals surface area contributed by atoms with Crippen molar-refractivity contribution < 1.29 is 4.42 Å². The average molecular weight is 606 g/mol. The van der Waals surface area contributed by atoms with E-state index in [9.17, 15) is 0 Å². The van der Waals surface area contributed by atoms with Crippen molar-refractivity contribution in [3.63, 3.8) is 0 Å². The van der Waals surface area contributed by atoms with Crippen LogP contribution in [-0.4, -0.2) is 9.38 Å². The van der Waals surface area contributed by atoms with Crippen LogP contribution in [0.4, 0.5) is 11.4 Å². The van der Waals surface area contributed by atoms with Crippen LogP contribution in [0.3, 0.4) is 0 Å². The molecule has 224 valence electrons. The monoisotopic (exact) mass is 605 g/mol. The number of para-hydroxylation sites is 2. The molecule has 0 saturated heterocycles. The van der Waals surface area contributed by atoms with E-state index < -0.39 is 0 Å². The van der Waals surface area contributed by atoms with Gasteiger partial charge in [0.1, 0.15) is 5.52 Å². The Balaban J connectivity index is 1.06. The molecule has 8 aromatic rings. The Morgan fingerprint density at radius 1 is 0.638 bits per heavy atom. The molecular formula is C43H31N3O. The average Bonchev–Trinajstić information content (AvgIpc) is 3.78. The second kappa shape index (κ2) is 11.3. The summed E-state index contributed by atoms with van der Waals surface area (Å²) in [6, 6.07) is 49.4. The SMILES string of the molecule is C1=C[C@H](c2nc3ccccc3o2)CC=C1N(c1ccc(-c2ccc3ccccc3c2)cc1)c1ccc(-c2cc3ccccn3c2)cc1. The lowest BCUT2D eigenvalue weighted by Crippen LogP contribution is -2.17. The van der Waals surface area contributed by atoms with Crippen molar-refractivity contribution in [2.75, 3.05) is 4.90 Å². The Hall–Kier alpha value is -6.13. The number of hydrogen-bond acceptors (Lipinski definition) is 3. The summed E-state index contributed by atoms with van der Waals surface area (Å²) in [6.07, 6.45) is 11.8. The first-order chi connectivity index (χ1) is 23.2. The first kappa shape index (κ1) is 27.2. The molecule has 47 heavy (non-hydrogen) atoms. The third kappa shape index (κ3) is 5.10. The van der Waals surface area contributed by atoms with Crippen molar-refractivity contribution >= 4 is 38.8 Å². The fraction of sp³-hybridized carbons (Fsp3) is 0.0465. The van der Waals surface area contributed by atoms with E-state index in [1.54, 1.807) is 0 Å². The number of nitrogens with zero attached hydrogens (tertiary/aromatic N) is 3. The summed E-state index contributed by atoms with van der Waals surface area (Å²) >= 11 is 0. The zero-order valence-electron chi connectivity index (χ0n) is 25.7. The Labute approximate surface area is 273 Å². The summed E-state index contributed by atoms with van der Waals surface area (Å²) in [5, 5.41) is 2.50. The van der Waals surface area contributed by atoms with Gasteiger partial charge in [-0.1, -0.05) is 91.0 Å². The van der Waals surface area contributed by atoms with Crippen molar-refractivity contribution in [2.45, 2.75) is 12.3 Å². The fourth-order valence-electron chi connectivity index (χ4n) is 6.64. The lowest BCUT2D eigenvalue weighted by atomic mass is 9.97. The third-order valence-electron chi connectivity index (χ3n) is 9.14. The predicted molar refractivity (Wildman–Crippen MR) is 193 cm³/mol. The highest BCUT2D eigenvalue weighted by atomic mass is 16.3. The van der Waals surface area contributed by atoms with E-state index in [4.69, 9.17) is 9.40 Å². The van der Waals surface area contributed by atoms with Crippen LogP contribution in [0.1, 0.15) is 18.2 Å². The van der Waals surface area contributed by atoms with E-state index in [2.05, 4.69) is 155 Å². The minimum absolute atomic E-state index is 0.0922. The van der Waals surface area contributed by atoms with Gasteiger partial charge in [0, 0.05) is 40.5 Å². The highest BCUT2D eigenvalue weighted by Crippen LogP contribution is 2.38. The maximum absolute atomic E-state index is 6.12. The lowest BCUT2D eigenvalue weighted by Gasteiger charge is -2.29. The molecule has 4 nitrogen and oxygen atoms in total. The van der Waals surface area contributed by atoms with E-state index in [1.807, 2.05) is 24.3 Å². The number of oxazole rings is 1. The Morgan fingerprint density at radius 3 is 2.09 bits per heavy atom. The summed E-state index contributed by atoms with van der Waals surface area (Å²) in [7, 11) is 0. The van der Waals surface area contributed by atoms with Crippen LogP contribution in [0.15, 0.2) is 180 Å². The summed E-state index contributed by atoms with van der Waals surface area (Å²) in [4.78, 5) is 7.11. The number of aromatic nitrogens is 2. The Bertz CT molecular complexity index is 2380. The number of pyridine rings is 1. The minimum atomic E-state index is 0.0922. The smallest absolute Gasteiger partial charge is 0.202 e. The number of rotatable bonds is 6. The normalized spacial score (nSPS) is 14.6. The van der Waals surface area contributed by atoms with Crippen molar-refractivity contribution in [1.29, 1.82) is 0 Å². The topological polar surface area (TPSA) is 33.7 Å². The molecule has 0 N–H and O–H groups in total. The molecule has 0 spiro atoms. The third-order valence-corrected chi connectivity index (χ3v) is 9.14. The van der Waals surface area contributed by atoms with Crippen molar-refractivity contribution in [1.82, 2.24) is 9.38 Å². The molecule has 0 aliphatic heterocycles. The number of fused-ring (bicyclic) bond motifs is 3. The summed E-state index contributed by atoms with van der Waals surface area (Å²) in [5.74, 6) is 0.850. The molecule has 0 amide bonds. The molecule has 9 rings (SSSR count). The maximum Gasteiger partial charge on any atom is 0.202 e.